The molecular formula is C43H56O24. The minimum Gasteiger partial charge on any atom is -0.508 e. The van der Waals surface area contributed by atoms with Crippen molar-refractivity contribution in [3.63, 3.8) is 0 Å². The molecule has 0 radical (unpaired) electrons. The maximum Gasteiger partial charge on any atom is 0.239 e. The molecule has 19 atom stereocenters. The molecule has 7 rings (SSSR count). The zero-order chi connectivity index (χ0) is 48.8. The second kappa shape index (κ2) is 20.8. The van der Waals surface area contributed by atoms with Gasteiger partial charge < -0.3 is 114 Å². The van der Waals surface area contributed by atoms with Crippen LogP contribution in [0.3, 0.4) is 0 Å². The molecule has 1 aromatic heterocycles. The molecule has 14 N–H and O–H groups in total. The maximum absolute atomic E-state index is 14.9. The van der Waals surface area contributed by atoms with E-state index >= 15 is 0 Å². The third-order valence-electron chi connectivity index (χ3n) is 12.0. The molecule has 0 saturated carbocycles. The van der Waals surface area contributed by atoms with Gasteiger partial charge in [-0.15, -0.1) is 0 Å². The highest BCUT2D eigenvalue weighted by molar-refractivity contribution is 5.91. The molecule has 3 aromatic rings. The fourth-order valence-electron chi connectivity index (χ4n) is 8.04. The van der Waals surface area contributed by atoms with Crippen LogP contribution in [0, 0.1) is 0 Å². The molecule has 0 aliphatic carbocycles. The van der Waals surface area contributed by atoms with Gasteiger partial charge >= 0.3 is 0 Å². The van der Waals surface area contributed by atoms with Crippen molar-refractivity contribution < 1.29 is 114 Å². The van der Waals surface area contributed by atoms with Crippen molar-refractivity contribution >= 4 is 11.0 Å². The van der Waals surface area contributed by atoms with Gasteiger partial charge in [0.05, 0.1) is 25.9 Å². The van der Waals surface area contributed by atoms with Crippen LogP contribution >= 0.6 is 0 Å². The number of hydrogen-bond acceptors (Lipinski definition) is 24. The number of hydrogen-bond donors (Lipinski definition) is 14. The SMILES string of the molecule is CC(C)=CCc1c(O[C@@H]2O[C@H](CO)[C@@H](O)[C@H](O)[C@H]2O[C@@H]2O[C@H](CO)[C@@H](O)[C@H](O)[C@H]2O)cc(O)c2c(=O)c(O[C@@H]3O[C@@H](C)[C@H](O)[C@@H](O)[C@H]3O[C@@H]3OC[C@@H](O)[C@H](O)[C@H]3O)c(-c3ccc(O)cc3)oc12. The van der Waals surface area contributed by atoms with Crippen LogP contribution in [0.5, 0.6) is 23.0 Å². The molecule has 0 unspecified atom stereocenters. The van der Waals surface area contributed by atoms with Gasteiger partial charge in [-0.1, -0.05) is 11.6 Å². The number of fused-ring (bicyclic) bond motifs is 1. The number of allylic oxidation sites excluding steroid dienone is 2. The standard InChI is InChI=1S/C43H56O24/c1-14(2)4-9-18-21(61-43-39(32(56)28(52)23(12-45)63-43)67-41-34(58)30(54)27(51)22(11-44)62-41)10-19(47)24-29(53)37(35(64-36(18)24)16-5-7-17(46)8-6-16)65-42-38(31(55)25(49)15(3)60-42)66-40-33(57)26(50)20(48)13-59-40/h4-8,10,15,20,22-23,25-28,30-34,38-52,54-58H,9,11-13H2,1-3H3/t15-,20+,22+,23+,25-,26-,27+,28+,30-,31+,32-,33+,34+,38+,39+,40-,41-,42-,43+/m0/s1. The Kier molecular flexibility index (Phi) is 15.8. The van der Waals surface area contributed by atoms with Crippen molar-refractivity contribution in [2.75, 3.05) is 19.8 Å². The number of ether oxygens (including phenoxy) is 8. The number of benzene rings is 2. The van der Waals surface area contributed by atoms with Gasteiger partial charge in [-0.25, -0.2) is 0 Å². The minimum atomic E-state index is -1.98. The van der Waals surface area contributed by atoms with Gasteiger partial charge in [0, 0.05) is 17.2 Å². The third kappa shape index (κ3) is 10.1. The topological polar surface area (TPSA) is 387 Å². The van der Waals surface area contributed by atoms with E-state index in [1.165, 1.54) is 31.2 Å². The molecule has 0 bridgehead atoms. The van der Waals surface area contributed by atoms with Crippen molar-refractivity contribution in [3.05, 3.63) is 57.8 Å². The second-order valence-electron chi connectivity index (χ2n) is 17.0. The number of phenols is 2. The van der Waals surface area contributed by atoms with Gasteiger partial charge in [-0.3, -0.25) is 4.79 Å². The molecule has 2 aromatic carbocycles. The molecule has 4 saturated heterocycles. The molecular weight excluding hydrogens is 900 g/mol. The lowest BCUT2D eigenvalue weighted by Gasteiger charge is -2.45. The lowest BCUT2D eigenvalue weighted by atomic mass is 9.97. The number of rotatable bonds is 13. The van der Waals surface area contributed by atoms with Gasteiger partial charge in [-0.05, 0) is 51.5 Å². The van der Waals surface area contributed by atoms with Crippen molar-refractivity contribution in [2.24, 2.45) is 0 Å². The first-order valence-corrected chi connectivity index (χ1v) is 21.3. The lowest BCUT2D eigenvalue weighted by molar-refractivity contribution is -0.357. The molecule has 67 heavy (non-hydrogen) atoms. The van der Waals surface area contributed by atoms with Crippen molar-refractivity contribution in [3.8, 4) is 34.3 Å². The van der Waals surface area contributed by atoms with Crippen LogP contribution in [-0.4, -0.2) is 208 Å². The van der Waals surface area contributed by atoms with Crippen LogP contribution in [0.2, 0.25) is 0 Å². The summed E-state index contributed by atoms with van der Waals surface area (Å²) in [6.07, 6.45) is -31.6. The predicted octanol–water partition coefficient (Wildman–Crippen LogP) is -3.95. The van der Waals surface area contributed by atoms with Gasteiger partial charge in [0.1, 0.15) is 101 Å². The Morgan fingerprint density at radius 3 is 1.88 bits per heavy atom. The number of aromatic hydroxyl groups is 2. The Morgan fingerprint density at radius 2 is 1.25 bits per heavy atom. The summed E-state index contributed by atoms with van der Waals surface area (Å²) in [6.45, 7) is 2.68. The van der Waals surface area contributed by atoms with E-state index in [2.05, 4.69) is 0 Å². The average Bonchev–Trinajstić information content (AvgIpc) is 3.29. The van der Waals surface area contributed by atoms with E-state index in [-0.39, 0.29) is 40.4 Å². The van der Waals surface area contributed by atoms with E-state index in [4.69, 9.17) is 42.3 Å². The highest BCUT2D eigenvalue weighted by Crippen LogP contribution is 2.42. The summed E-state index contributed by atoms with van der Waals surface area (Å²) in [5.41, 5.74) is -0.536. The van der Waals surface area contributed by atoms with Crippen LogP contribution in [0.4, 0.5) is 0 Å². The van der Waals surface area contributed by atoms with E-state index < -0.39 is 159 Å². The number of aliphatic hydroxyl groups is 12. The zero-order valence-corrected chi connectivity index (χ0v) is 36.1. The van der Waals surface area contributed by atoms with Crippen LogP contribution in [-0.2, 0) is 34.8 Å². The van der Waals surface area contributed by atoms with Crippen LogP contribution < -0.4 is 14.9 Å². The third-order valence-corrected chi connectivity index (χ3v) is 12.0. The largest absolute Gasteiger partial charge is 0.508 e. The average molecular weight is 957 g/mol. The molecule has 5 heterocycles. The fourth-order valence-corrected chi connectivity index (χ4v) is 8.04. The Morgan fingerprint density at radius 1 is 0.687 bits per heavy atom. The Balaban J connectivity index is 1.34. The first kappa shape index (κ1) is 50.7. The van der Waals surface area contributed by atoms with Gasteiger partial charge in [0.2, 0.25) is 23.8 Å². The molecule has 4 aliphatic rings. The fraction of sp³-hybridized carbons (Fsp3) is 0.605. The molecule has 24 heteroatoms. The summed E-state index contributed by atoms with van der Waals surface area (Å²) >= 11 is 0. The smallest absolute Gasteiger partial charge is 0.239 e. The van der Waals surface area contributed by atoms with Crippen LogP contribution in [0.15, 0.2) is 51.2 Å². The van der Waals surface area contributed by atoms with Gasteiger partial charge in [-0.2, -0.15) is 0 Å². The summed E-state index contributed by atoms with van der Waals surface area (Å²) in [7, 11) is 0. The van der Waals surface area contributed by atoms with Crippen LogP contribution in [0.1, 0.15) is 26.3 Å². The first-order chi connectivity index (χ1) is 31.7. The molecule has 24 nitrogen and oxygen atoms in total. The quantitative estimate of drug-likeness (QED) is 0.0727. The summed E-state index contributed by atoms with van der Waals surface area (Å²) < 4.78 is 53.0. The summed E-state index contributed by atoms with van der Waals surface area (Å²) in [5, 5.41) is 148. The monoisotopic (exact) mass is 956 g/mol. The number of phenolic OH excluding ortho intramolecular Hbond substituents is 2. The van der Waals surface area contributed by atoms with E-state index in [1.54, 1.807) is 19.9 Å². The van der Waals surface area contributed by atoms with Crippen molar-refractivity contribution in [1.29, 1.82) is 0 Å². The highest BCUT2D eigenvalue weighted by atomic mass is 16.8. The van der Waals surface area contributed by atoms with Gasteiger partial charge in [0.25, 0.3) is 0 Å². The highest BCUT2D eigenvalue weighted by Gasteiger charge is 2.53. The Bertz CT molecular complexity index is 2250. The molecule has 4 aliphatic heterocycles. The Hall–Kier alpha value is -4.13. The Labute approximate surface area is 380 Å². The van der Waals surface area contributed by atoms with E-state index in [0.29, 0.717) is 0 Å². The molecule has 372 valence electrons. The lowest BCUT2D eigenvalue weighted by Crippen LogP contribution is -2.65. The minimum absolute atomic E-state index is 0.0282. The van der Waals surface area contributed by atoms with E-state index in [0.717, 1.165) is 11.6 Å². The zero-order valence-electron chi connectivity index (χ0n) is 36.1. The predicted molar refractivity (Wildman–Crippen MR) is 221 cm³/mol. The maximum atomic E-state index is 14.9. The van der Waals surface area contributed by atoms with E-state index in [1.807, 2.05) is 0 Å². The first-order valence-electron chi connectivity index (χ1n) is 21.3. The van der Waals surface area contributed by atoms with Crippen LogP contribution in [0.25, 0.3) is 22.3 Å². The summed E-state index contributed by atoms with van der Waals surface area (Å²) in [4.78, 5) is 14.9. The summed E-state index contributed by atoms with van der Waals surface area (Å²) in [6, 6.07) is 6.17. The number of aliphatic hydroxyl groups excluding tert-OH is 12. The molecule has 0 amide bonds. The van der Waals surface area contributed by atoms with Crippen molar-refractivity contribution in [2.45, 2.75) is 144 Å². The second-order valence-corrected chi connectivity index (χ2v) is 17.0. The summed E-state index contributed by atoms with van der Waals surface area (Å²) in [5.74, 6) is -2.33. The normalized spacial score (nSPS) is 38.1. The van der Waals surface area contributed by atoms with E-state index in [9.17, 15) is 76.3 Å². The van der Waals surface area contributed by atoms with Gasteiger partial charge in [0.15, 0.2) is 30.5 Å². The van der Waals surface area contributed by atoms with Crippen molar-refractivity contribution in [1.82, 2.24) is 0 Å². The molecule has 0 spiro atoms. The molecule has 4 fully saturated rings.